The molecule has 0 saturated carbocycles. The molecule has 2 rings (SSSR count). The Morgan fingerprint density at radius 1 is 1.19 bits per heavy atom. The molecule has 2 aromatic carbocycles. The lowest BCUT2D eigenvalue weighted by atomic mass is 10.1. The van der Waals surface area contributed by atoms with Gasteiger partial charge in [0.15, 0.2) is 0 Å². The van der Waals surface area contributed by atoms with E-state index in [1.807, 2.05) is 32.0 Å². The van der Waals surface area contributed by atoms with Crippen molar-refractivity contribution in [2.75, 3.05) is 11.9 Å². The molecule has 4 heteroatoms. The van der Waals surface area contributed by atoms with Crippen LogP contribution in [-0.2, 0) is 6.54 Å². The molecule has 3 nitrogen and oxygen atoms in total. The van der Waals surface area contributed by atoms with Gasteiger partial charge in [-0.3, -0.25) is 4.79 Å². The molecule has 110 valence electrons. The molecule has 2 N–H and O–H groups in total. The topological polar surface area (TPSA) is 41.1 Å². The van der Waals surface area contributed by atoms with Crippen molar-refractivity contribution in [3.8, 4) is 0 Å². The summed E-state index contributed by atoms with van der Waals surface area (Å²) in [5.41, 5.74) is 2.85. The van der Waals surface area contributed by atoms with Crippen LogP contribution < -0.4 is 10.6 Å². The molecule has 0 radical (unpaired) electrons. The summed E-state index contributed by atoms with van der Waals surface area (Å²) in [5.74, 6) is -0.521. The third-order valence-electron chi connectivity index (χ3n) is 3.18. The Bertz CT molecular complexity index is 640. The molecule has 21 heavy (non-hydrogen) atoms. The number of carbonyl (C=O) groups is 1. The molecule has 0 bridgehead atoms. The molecular weight excluding hydrogens is 267 g/mol. The summed E-state index contributed by atoms with van der Waals surface area (Å²) < 4.78 is 13.5. The van der Waals surface area contributed by atoms with E-state index in [0.717, 1.165) is 17.8 Å². The Morgan fingerprint density at radius 3 is 2.67 bits per heavy atom. The summed E-state index contributed by atoms with van der Waals surface area (Å²) in [6, 6.07) is 12.1. The summed E-state index contributed by atoms with van der Waals surface area (Å²) in [6.45, 7) is 4.81. The van der Waals surface area contributed by atoms with Crippen LogP contribution in [0.4, 0.5) is 10.1 Å². The number of carbonyl (C=O) groups excluding carboxylic acids is 1. The number of halogens is 1. The fraction of sp³-hybridized carbons (Fsp3) is 0.235. The van der Waals surface area contributed by atoms with Gasteiger partial charge < -0.3 is 10.6 Å². The van der Waals surface area contributed by atoms with Gasteiger partial charge in [0.25, 0.3) is 5.91 Å². The van der Waals surface area contributed by atoms with Gasteiger partial charge in [-0.25, -0.2) is 4.39 Å². The van der Waals surface area contributed by atoms with Gasteiger partial charge in [-0.1, -0.05) is 29.8 Å². The Hall–Kier alpha value is -2.36. The number of hydrogen-bond acceptors (Lipinski definition) is 2. The second kappa shape index (κ2) is 6.88. The van der Waals surface area contributed by atoms with Crippen LogP contribution in [0, 0.1) is 12.7 Å². The molecule has 0 unspecified atom stereocenters. The molecule has 0 heterocycles. The highest BCUT2D eigenvalue weighted by atomic mass is 19.1. The summed E-state index contributed by atoms with van der Waals surface area (Å²) in [5, 5.41) is 5.92. The van der Waals surface area contributed by atoms with Crippen molar-refractivity contribution in [2.45, 2.75) is 20.4 Å². The van der Waals surface area contributed by atoms with Gasteiger partial charge in [0, 0.05) is 24.3 Å². The lowest BCUT2D eigenvalue weighted by Crippen LogP contribution is -2.24. The van der Waals surface area contributed by atoms with Crippen LogP contribution in [0.5, 0.6) is 0 Å². The monoisotopic (exact) mass is 286 g/mol. The van der Waals surface area contributed by atoms with E-state index in [1.165, 1.54) is 6.07 Å². The summed E-state index contributed by atoms with van der Waals surface area (Å²) in [7, 11) is 0. The zero-order chi connectivity index (χ0) is 15.2. The smallest absolute Gasteiger partial charge is 0.253 e. The number of amides is 1. The minimum Gasteiger partial charge on any atom is -0.385 e. The number of anilines is 1. The highest BCUT2D eigenvalue weighted by molar-refractivity contribution is 5.99. The quantitative estimate of drug-likeness (QED) is 0.883. The molecule has 0 fully saturated rings. The minimum atomic E-state index is -0.311. The summed E-state index contributed by atoms with van der Waals surface area (Å²) in [4.78, 5) is 12.3. The fourth-order valence-electron chi connectivity index (χ4n) is 2.10. The molecule has 0 aliphatic heterocycles. The minimum absolute atomic E-state index is 0.172. The van der Waals surface area contributed by atoms with Gasteiger partial charge in [0.2, 0.25) is 0 Å². The Labute approximate surface area is 124 Å². The number of nitrogens with one attached hydrogen (secondary N) is 2. The summed E-state index contributed by atoms with van der Waals surface area (Å²) >= 11 is 0. The van der Waals surface area contributed by atoms with Crippen molar-refractivity contribution in [1.82, 2.24) is 5.32 Å². The lowest BCUT2D eigenvalue weighted by Gasteiger charge is -2.12. The van der Waals surface area contributed by atoms with Crippen LogP contribution in [0.2, 0.25) is 0 Å². The van der Waals surface area contributed by atoms with Gasteiger partial charge in [-0.2, -0.15) is 0 Å². The van der Waals surface area contributed by atoms with Crippen LogP contribution in [-0.4, -0.2) is 12.5 Å². The molecule has 0 aliphatic carbocycles. The molecular formula is C17H19FN2O. The van der Waals surface area contributed by atoms with Crippen molar-refractivity contribution in [1.29, 1.82) is 0 Å². The van der Waals surface area contributed by atoms with E-state index < -0.39 is 0 Å². The van der Waals surface area contributed by atoms with E-state index in [2.05, 4.69) is 10.6 Å². The van der Waals surface area contributed by atoms with E-state index in [9.17, 15) is 9.18 Å². The molecule has 0 aliphatic rings. The second-order valence-corrected chi connectivity index (χ2v) is 4.85. The van der Waals surface area contributed by atoms with E-state index in [-0.39, 0.29) is 18.3 Å². The molecule has 2 aromatic rings. The van der Waals surface area contributed by atoms with Gasteiger partial charge in [-0.15, -0.1) is 0 Å². The van der Waals surface area contributed by atoms with Crippen molar-refractivity contribution in [2.24, 2.45) is 0 Å². The predicted molar refractivity (Wildman–Crippen MR) is 82.9 cm³/mol. The average Bonchev–Trinajstić information content (AvgIpc) is 2.48. The van der Waals surface area contributed by atoms with Gasteiger partial charge in [0.05, 0.1) is 5.56 Å². The fourth-order valence-corrected chi connectivity index (χ4v) is 2.10. The average molecular weight is 286 g/mol. The van der Waals surface area contributed by atoms with Crippen molar-refractivity contribution >= 4 is 11.6 Å². The molecule has 0 aromatic heterocycles. The van der Waals surface area contributed by atoms with Crippen LogP contribution in [0.25, 0.3) is 0 Å². The number of benzene rings is 2. The van der Waals surface area contributed by atoms with Gasteiger partial charge in [-0.05, 0) is 32.0 Å². The molecule has 0 spiro atoms. The highest BCUT2D eigenvalue weighted by Gasteiger charge is 2.12. The standard InChI is InChI=1S/C17H19FN2O/c1-3-19-16-9-8-12(2)10-14(16)17(21)20-11-13-6-4-5-7-15(13)18/h4-10,19H,3,11H2,1-2H3,(H,20,21). The number of aryl methyl sites for hydroxylation is 1. The third kappa shape index (κ3) is 3.81. The van der Waals surface area contributed by atoms with Crippen molar-refractivity contribution in [3.63, 3.8) is 0 Å². The zero-order valence-electron chi connectivity index (χ0n) is 12.2. The van der Waals surface area contributed by atoms with Crippen LogP contribution in [0.3, 0.4) is 0 Å². The van der Waals surface area contributed by atoms with E-state index in [4.69, 9.17) is 0 Å². The van der Waals surface area contributed by atoms with E-state index in [0.29, 0.717) is 11.1 Å². The Kier molecular flexibility index (Phi) is 4.93. The van der Waals surface area contributed by atoms with Crippen molar-refractivity contribution in [3.05, 3.63) is 65.0 Å². The maximum Gasteiger partial charge on any atom is 0.253 e. The second-order valence-electron chi connectivity index (χ2n) is 4.85. The van der Waals surface area contributed by atoms with E-state index >= 15 is 0 Å². The Balaban J connectivity index is 2.13. The first kappa shape index (κ1) is 15.0. The maximum atomic E-state index is 13.5. The zero-order valence-corrected chi connectivity index (χ0v) is 12.2. The van der Waals surface area contributed by atoms with Crippen LogP contribution >= 0.6 is 0 Å². The normalized spacial score (nSPS) is 10.2. The van der Waals surface area contributed by atoms with Gasteiger partial charge in [0.1, 0.15) is 5.82 Å². The van der Waals surface area contributed by atoms with Crippen molar-refractivity contribution < 1.29 is 9.18 Å². The number of hydrogen-bond donors (Lipinski definition) is 2. The molecule has 0 saturated heterocycles. The maximum absolute atomic E-state index is 13.5. The van der Waals surface area contributed by atoms with Crippen LogP contribution in [0.1, 0.15) is 28.4 Å². The first-order valence-electron chi connectivity index (χ1n) is 6.98. The lowest BCUT2D eigenvalue weighted by molar-refractivity contribution is 0.0951. The largest absolute Gasteiger partial charge is 0.385 e. The summed E-state index contributed by atoms with van der Waals surface area (Å²) in [6.07, 6.45) is 0. The third-order valence-corrected chi connectivity index (χ3v) is 3.18. The van der Waals surface area contributed by atoms with Crippen LogP contribution in [0.15, 0.2) is 42.5 Å². The first-order valence-corrected chi connectivity index (χ1v) is 6.98. The Morgan fingerprint density at radius 2 is 1.95 bits per heavy atom. The van der Waals surface area contributed by atoms with E-state index in [1.54, 1.807) is 18.2 Å². The predicted octanol–water partition coefficient (Wildman–Crippen LogP) is 3.50. The SMILES string of the molecule is CCNc1ccc(C)cc1C(=O)NCc1ccccc1F. The highest BCUT2D eigenvalue weighted by Crippen LogP contribution is 2.17. The molecule has 1 amide bonds. The first-order chi connectivity index (χ1) is 10.1. The number of rotatable bonds is 5. The van der Waals surface area contributed by atoms with Gasteiger partial charge >= 0.3 is 0 Å². The molecule has 0 atom stereocenters.